The highest BCUT2D eigenvalue weighted by Gasteiger charge is 2.34. The van der Waals surface area contributed by atoms with Crippen LogP contribution in [0.2, 0.25) is 0 Å². The van der Waals surface area contributed by atoms with Gasteiger partial charge in [-0.05, 0) is 72.2 Å². The second-order valence-corrected chi connectivity index (χ2v) is 9.27. The molecule has 1 unspecified atom stereocenters. The Morgan fingerprint density at radius 1 is 0.733 bits per heavy atom. The first-order valence-electron chi connectivity index (χ1n) is 10.4. The summed E-state index contributed by atoms with van der Waals surface area (Å²) in [4.78, 5) is 0. The Bertz CT molecular complexity index is 1010. The molecule has 0 radical (unpaired) electrons. The summed E-state index contributed by atoms with van der Waals surface area (Å²) in [5.41, 5.74) is 5.72. The van der Waals surface area contributed by atoms with Crippen molar-refractivity contribution in [3.8, 4) is 11.5 Å². The van der Waals surface area contributed by atoms with Gasteiger partial charge in [0.05, 0.1) is 0 Å². The van der Waals surface area contributed by atoms with Gasteiger partial charge < -0.3 is 10.2 Å². The van der Waals surface area contributed by atoms with Crippen molar-refractivity contribution in [3.63, 3.8) is 0 Å². The van der Waals surface area contributed by atoms with Crippen molar-refractivity contribution in [2.75, 3.05) is 0 Å². The molecule has 0 aliphatic rings. The molecule has 1 atom stereocenters. The minimum absolute atomic E-state index is 0.0981. The lowest BCUT2D eigenvalue weighted by Crippen LogP contribution is -2.31. The third kappa shape index (κ3) is 4.94. The highest BCUT2D eigenvalue weighted by molar-refractivity contribution is 5.66. The summed E-state index contributed by atoms with van der Waals surface area (Å²) in [5.74, 6) is 0.570. The van der Waals surface area contributed by atoms with Gasteiger partial charge in [0.25, 0.3) is 0 Å². The maximum atomic E-state index is 9.70. The maximum Gasteiger partial charge on any atom is 0.115 e. The van der Waals surface area contributed by atoms with Crippen molar-refractivity contribution < 1.29 is 10.2 Å². The van der Waals surface area contributed by atoms with E-state index >= 15 is 0 Å². The van der Waals surface area contributed by atoms with E-state index in [1.165, 1.54) is 22.3 Å². The zero-order chi connectivity index (χ0) is 21.9. The van der Waals surface area contributed by atoms with E-state index in [2.05, 4.69) is 65.0 Å². The highest BCUT2D eigenvalue weighted by atomic mass is 16.3. The summed E-state index contributed by atoms with van der Waals surface area (Å²) < 4.78 is 0. The fourth-order valence-corrected chi connectivity index (χ4v) is 4.39. The molecule has 3 aromatic rings. The van der Waals surface area contributed by atoms with Gasteiger partial charge in [0, 0.05) is 5.41 Å². The number of rotatable bonds is 6. The minimum atomic E-state index is -0.197. The first kappa shape index (κ1) is 21.7. The summed E-state index contributed by atoms with van der Waals surface area (Å²) in [6, 6.07) is 23.7. The number of phenols is 2. The molecule has 3 rings (SSSR count). The summed E-state index contributed by atoms with van der Waals surface area (Å²) in [6.45, 7) is 11.1. The van der Waals surface area contributed by atoms with Gasteiger partial charge in [-0.2, -0.15) is 0 Å². The Hall–Kier alpha value is -3.00. The maximum absolute atomic E-state index is 9.70. The molecule has 0 aliphatic heterocycles. The van der Waals surface area contributed by atoms with Gasteiger partial charge in [0.2, 0.25) is 0 Å². The Labute approximate surface area is 180 Å². The molecule has 0 aliphatic carbocycles. The summed E-state index contributed by atoms with van der Waals surface area (Å²) in [7, 11) is 0. The Balaban J connectivity index is 2.05. The number of allylic oxidation sites excluding steroid dienone is 2. The molecule has 2 heteroatoms. The number of phenolic OH excluding ortho intramolecular Hbond substituents is 2. The van der Waals surface area contributed by atoms with E-state index in [-0.39, 0.29) is 16.6 Å². The van der Waals surface area contributed by atoms with E-state index in [1.54, 1.807) is 24.3 Å². The van der Waals surface area contributed by atoms with Crippen molar-refractivity contribution in [1.29, 1.82) is 0 Å². The van der Waals surface area contributed by atoms with Crippen LogP contribution < -0.4 is 0 Å². The topological polar surface area (TPSA) is 40.5 Å². The Morgan fingerprint density at radius 2 is 1.20 bits per heavy atom. The average molecular weight is 401 g/mol. The van der Waals surface area contributed by atoms with Crippen molar-refractivity contribution >= 4 is 5.57 Å². The molecule has 0 aromatic heterocycles. The molecular formula is C28H32O2. The molecule has 0 heterocycles. The van der Waals surface area contributed by atoms with Crippen LogP contribution in [-0.2, 0) is 10.8 Å². The molecular weight excluding hydrogens is 368 g/mol. The van der Waals surface area contributed by atoms with Crippen molar-refractivity contribution in [1.82, 2.24) is 0 Å². The van der Waals surface area contributed by atoms with Crippen molar-refractivity contribution in [3.05, 3.63) is 101 Å². The predicted molar refractivity (Wildman–Crippen MR) is 126 cm³/mol. The molecule has 0 spiro atoms. The smallest absolute Gasteiger partial charge is 0.115 e. The van der Waals surface area contributed by atoms with Gasteiger partial charge in [-0.15, -0.1) is 0 Å². The standard InChI is InChI=1S/C28H32O2/c1-20-6-10-24(11-7-20)28(5,18-21(2)22-8-14-25(29)15-9-22)19-27(3,4)23-12-16-26(30)17-13-23/h6-18,29-30H,19H2,1-5H3/b21-18-. The molecule has 0 saturated carbocycles. The fraction of sp³-hybridized carbons (Fsp3) is 0.286. The normalized spacial score (nSPS) is 14.4. The van der Waals surface area contributed by atoms with E-state index in [9.17, 15) is 10.2 Å². The Kier molecular flexibility index (Phi) is 6.07. The molecule has 30 heavy (non-hydrogen) atoms. The van der Waals surface area contributed by atoms with Crippen molar-refractivity contribution in [2.45, 2.75) is 51.9 Å². The number of hydrogen-bond acceptors (Lipinski definition) is 2. The highest BCUT2D eigenvalue weighted by Crippen LogP contribution is 2.42. The van der Waals surface area contributed by atoms with E-state index in [4.69, 9.17) is 0 Å². The Morgan fingerprint density at radius 3 is 1.73 bits per heavy atom. The number of aryl methyl sites for hydroxylation is 1. The quantitative estimate of drug-likeness (QED) is 0.462. The molecule has 0 amide bonds. The van der Waals surface area contributed by atoms with Crippen molar-refractivity contribution in [2.24, 2.45) is 0 Å². The zero-order valence-corrected chi connectivity index (χ0v) is 18.6. The lowest BCUT2D eigenvalue weighted by atomic mass is 9.67. The third-order valence-electron chi connectivity index (χ3n) is 6.03. The molecule has 156 valence electrons. The van der Waals surface area contributed by atoms with E-state index in [0.29, 0.717) is 5.75 Å². The van der Waals surface area contributed by atoms with Crippen LogP contribution in [0.4, 0.5) is 0 Å². The lowest BCUT2D eigenvalue weighted by molar-refractivity contribution is 0.378. The largest absolute Gasteiger partial charge is 0.508 e. The average Bonchev–Trinajstić information content (AvgIpc) is 2.68. The number of hydrogen-bond donors (Lipinski definition) is 2. The molecule has 0 fully saturated rings. The molecule has 2 N–H and O–H groups in total. The third-order valence-corrected chi connectivity index (χ3v) is 6.03. The van der Waals surface area contributed by atoms with Crippen LogP contribution in [0.3, 0.4) is 0 Å². The number of aromatic hydroxyl groups is 2. The minimum Gasteiger partial charge on any atom is -0.508 e. The lowest BCUT2D eigenvalue weighted by Gasteiger charge is -2.37. The van der Waals surface area contributed by atoms with E-state index in [0.717, 1.165) is 12.0 Å². The molecule has 0 bridgehead atoms. The summed E-state index contributed by atoms with van der Waals surface area (Å²) in [6.07, 6.45) is 3.26. The molecule has 0 saturated heterocycles. The zero-order valence-electron chi connectivity index (χ0n) is 18.6. The van der Waals surface area contributed by atoms with Crippen LogP contribution in [0, 0.1) is 6.92 Å². The van der Waals surface area contributed by atoms with Gasteiger partial charge in [0.1, 0.15) is 11.5 Å². The van der Waals surface area contributed by atoms with E-state index < -0.39 is 0 Å². The van der Waals surface area contributed by atoms with Crippen LogP contribution in [0.5, 0.6) is 11.5 Å². The molecule has 2 nitrogen and oxygen atoms in total. The first-order valence-corrected chi connectivity index (χ1v) is 10.4. The summed E-state index contributed by atoms with van der Waals surface area (Å²) in [5, 5.41) is 19.3. The van der Waals surface area contributed by atoms with Crippen LogP contribution >= 0.6 is 0 Å². The summed E-state index contributed by atoms with van der Waals surface area (Å²) >= 11 is 0. The van der Waals surface area contributed by atoms with Crippen LogP contribution in [0.15, 0.2) is 78.9 Å². The van der Waals surface area contributed by atoms with Crippen LogP contribution in [-0.4, -0.2) is 10.2 Å². The van der Waals surface area contributed by atoms with Gasteiger partial charge in [-0.1, -0.05) is 80.9 Å². The van der Waals surface area contributed by atoms with E-state index in [1.807, 2.05) is 24.3 Å². The predicted octanol–water partition coefficient (Wildman–Crippen LogP) is 7.14. The monoisotopic (exact) mass is 400 g/mol. The van der Waals surface area contributed by atoms with Gasteiger partial charge >= 0.3 is 0 Å². The van der Waals surface area contributed by atoms with Crippen LogP contribution in [0.1, 0.15) is 56.4 Å². The van der Waals surface area contributed by atoms with Gasteiger partial charge in [0.15, 0.2) is 0 Å². The first-order chi connectivity index (χ1) is 14.1. The van der Waals surface area contributed by atoms with Gasteiger partial charge in [-0.25, -0.2) is 0 Å². The second kappa shape index (κ2) is 8.39. The van der Waals surface area contributed by atoms with Gasteiger partial charge in [-0.3, -0.25) is 0 Å². The fourth-order valence-electron chi connectivity index (χ4n) is 4.39. The second-order valence-electron chi connectivity index (χ2n) is 9.27. The SMILES string of the molecule is C/C(=C/C(C)(CC(C)(C)c1ccc(O)cc1)c1ccc(C)cc1)c1ccc(O)cc1. The number of benzene rings is 3. The molecule has 3 aromatic carbocycles. The van der Waals surface area contributed by atoms with Crippen LogP contribution in [0.25, 0.3) is 5.57 Å².